The molecule has 118 valence electrons. The van der Waals surface area contributed by atoms with Crippen LogP contribution in [-0.2, 0) is 16.1 Å². The van der Waals surface area contributed by atoms with Crippen molar-refractivity contribution in [2.75, 3.05) is 25.6 Å². The second kappa shape index (κ2) is 8.40. The standard InChI is InChI=1S/C18H29NO2/c1-14-7-8-15(2)18(11-14)19-17-6-4-5-16(12-17)13-21-10-9-20-3/h4-6,12,14-15,18-19H,7-11,13H2,1-3H3. The lowest BCUT2D eigenvalue weighted by Gasteiger charge is -2.34. The second-order valence-electron chi connectivity index (χ2n) is 6.39. The molecule has 0 radical (unpaired) electrons. The highest BCUT2D eigenvalue weighted by molar-refractivity contribution is 5.46. The van der Waals surface area contributed by atoms with E-state index in [1.807, 2.05) is 0 Å². The maximum Gasteiger partial charge on any atom is 0.0718 e. The summed E-state index contributed by atoms with van der Waals surface area (Å²) in [5, 5.41) is 3.72. The number of ether oxygens (including phenoxy) is 2. The number of methoxy groups -OCH3 is 1. The molecule has 1 aromatic rings. The van der Waals surface area contributed by atoms with E-state index >= 15 is 0 Å². The van der Waals surface area contributed by atoms with E-state index in [2.05, 4.69) is 43.4 Å². The van der Waals surface area contributed by atoms with E-state index in [1.54, 1.807) is 7.11 Å². The Balaban J connectivity index is 1.88. The average Bonchev–Trinajstić information content (AvgIpc) is 2.48. The second-order valence-corrected chi connectivity index (χ2v) is 6.39. The van der Waals surface area contributed by atoms with Crippen LogP contribution in [0.15, 0.2) is 24.3 Å². The molecular weight excluding hydrogens is 262 g/mol. The summed E-state index contributed by atoms with van der Waals surface area (Å²) in [6, 6.07) is 9.18. The molecule has 3 atom stereocenters. The van der Waals surface area contributed by atoms with Gasteiger partial charge in [0, 0.05) is 18.8 Å². The largest absolute Gasteiger partial charge is 0.382 e. The van der Waals surface area contributed by atoms with Crippen LogP contribution in [0, 0.1) is 11.8 Å². The van der Waals surface area contributed by atoms with Gasteiger partial charge in [-0.05, 0) is 42.4 Å². The molecule has 1 N–H and O–H groups in total. The summed E-state index contributed by atoms with van der Waals surface area (Å²) in [7, 11) is 1.69. The molecule has 0 heterocycles. The SMILES string of the molecule is COCCOCc1cccc(NC2CC(C)CCC2C)c1. The first-order valence-corrected chi connectivity index (χ1v) is 8.11. The molecular formula is C18H29NO2. The van der Waals surface area contributed by atoms with Crippen LogP contribution in [0.5, 0.6) is 0 Å². The van der Waals surface area contributed by atoms with Gasteiger partial charge >= 0.3 is 0 Å². The molecule has 0 aromatic heterocycles. The van der Waals surface area contributed by atoms with Crippen molar-refractivity contribution in [3.05, 3.63) is 29.8 Å². The quantitative estimate of drug-likeness (QED) is 0.768. The van der Waals surface area contributed by atoms with Gasteiger partial charge in [0.15, 0.2) is 0 Å². The highest BCUT2D eigenvalue weighted by atomic mass is 16.5. The summed E-state index contributed by atoms with van der Waals surface area (Å²) in [5.41, 5.74) is 2.43. The predicted octanol–water partition coefficient (Wildman–Crippen LogP) is 4.09. The predicted molar refractivity (Wildman–Crippen MR) is 87.6 cm³/mol. The fourth-order valence-corrected chi connectivity index (χ4v) is 3.03. The summed E-state index contributed by atoms with van der Waals surface area (Å²) >= 11 is 0. The van der Waals surface area contributed by atoms with Crippen molar-refractivity contribution in [2.24, 2.45) is 11.8 Å². The Labute approximate surface area is 129 Å². The van der Waals surface area contributed by atoms with Crippen molar-refractivity contribution >= 4 is 5.69 Å². The molecule has 3 heteroatoms. The number of hydrogen-bond donors (Lipinski definition) is 1. The van der Waals surface area contributed by atoms with Gasteiger partial charge in [-0.3, -0.25) is 0 Å². The van der Waals surface area contributed by atoms with Gasteiger partial charge < -0.3 is 14.8 Å². The Morgan fingerprint density at radius 2 is 2.05 bits per heavy atom. The van der Waals surface area contributed by atoms with Crippen molar-refractivity contribution in [1.29, 1.82) is 0 Å². The van der Waals surface area contributed by atoms with E-state index in [9.17, 15) is 0 Å². The number of rotatable bonds is 7. The lowest BCUT2D eigenvalue weighted by Crippen LogP contribution is -2.33. The van der Waals surface area contributed by atoms with Crippen LogP contribution in [0.25, 0.3) is 0 Å². The summed E-state index contributed by atoms with van der Waals surface area (Å²) in [6.45, 7) is 6.66. The van der Waals surface area contributed by atoms with E-state index in [0.717, 1.165) is 11.8 Å². The average molecular weight is 291 g/mol. The van der Waals surface area contributed by atoms with E-state index in [4.69, 9.17) is 9.47 Å². The minimum Gasteiger partial charge on any atom is -0.382 e. The summed E-state index contributed by atoms with van der Waals surface area (Å²) < 4.78 is 10.6. The first kappa shape index (κ1) is 16.3. The van der Waals surface area contributed by atoms with Crippen LogP contribution in [0.2, 0.25) is 0 Å². The molecule has 1 aliphatic rings. The van der Waals surface area contributed by atoms with Crippen LogP contribution in [-0.4, -0.2) is 26.4 Å². The van der Waals surface area contributed by atoms with Gasteiger partial charge in [0.25, 0.3) is 0 Å². The Morgan fingerprint density at radius 3 is 2.86 bits per heavy atom. The number of nitrogens with one attached hydrogen (secondary N) is 1. The molecule has 2 rings (SSSR count). The Hall–Kier alpha value is -1.06. The molecule has 0 bridgehead atoms. The van der Waals surface area contributed by atoms with Gasteiger partial charge in [0.1, 0.15) is 0 Å². The van der Waals surface area contributed by atoms with Gasteiger partial charge in [0.2, 0.25) is 0 Å². The fourth-order valence-electron chi connectivity index (χ4n) is 3.03. The number of benzene rings is 1. The topological polar surface area (TPSA) is 30.5 Å². The zero-order chi connectivity index (χ0) is 15.1. The zero-order valence-corrected chi connectivity index (χ0v) is 13.6. The third kappa shape index (κ3) is 5.33. The van der Waals surface area contributed by atoms with Crippen LogP contribution in [0.4, 0.5) is 5.69 Å². The Kier molecular flexibility index (Phi) is 6.52. The van der Waals surface area contributed by atoms with Crippen LogP contribution >= 0.6 is 0 Å². The van der Waals surface area contributed by atoms with Gasteiger partial charge in [-0.25, -0.2) is 0 Å². The fraction of sp³-hybridized carbons (Fsp3) is 0.667. The van der Waals surface area contributed by atoms with E-state index in [1.165, 1.54) is 30.5 Å². The molecule has 0 amide bonds. The number of anilines is 1. The summed E-state index contributed by atoms with van der Waals surface area (Å²) in [5.74, 6) is 1.59. The lowest BCUT2D eigenvalue weighted by atomic mass is 9.80. The molecule has 0 spiro atoms. The molecule has 21 heavy (non-hydrogen) atoms. The van der Waals surface area contributed by atoms with E-state index in [0.29, 0.717) is 25.9 Å². The van der Waals surface area contributed by atoms with Gasteiger partial charge in [0.05, 0.1) is 19.8 Å². The van der Waals surface area contributed by atoms with Gasteiger partial charge in [-0.15, -0.1) is 0 Å². The van der Waals surface area contributed by atoms with Crippen molar-refractivity contribution < 1.29 is 9.47 Å². The molecule has 1 fully saturated rings. The van der Waals surface area contributed by atoms with Gasteiger partial charge in [-0.2, -0.15) is 0 Å². The lowest BCUT2D eigenvalue weighted by molar-refractivity contribution is 0.0617. The maximum atomic E-state index is 5.59. The van der Waals surface area contributed by atoms with Gasteiger partial charge in [-0.1, -0.05) is 32.4 Å². The molecule has 0 aliphatic heterocycles. The minimum absolute atomic E-state index is 0.596. The highest BCUT2D eigenvalue weighted by Crippen LogP contribution is 2.30. The van der Waals surface area contributed by atoms with Crippen LogP contribution < -0.4 is 5.32 Å². The van der Waals surface area contributed by atoms with E-state index in [-0.39, 0.29) is 0 Å². The van der Waals surface area contributed by atoms with E-state index < -0.39 is 0 Å². The van der Waals surface area contributed by atoms with Crippen LogP contribution in [0.1, 0.15) is 38.7 Å². The third-order valence-electron chi connectivity index (χ3n) is 4.44. The molecule has 3 nitrogen and oxygen atoms in total. The first-order valence-electron chi connectivity index (χ1n) is 8.11. The Morgan fingerprint density at radius 1 is 1.19 bits per heavy atom. The number of hydrogen-bond acceptors (Lipinski definition) is 3. The molecule has 1 aromatic carbocycles. The normalized spacial score (nSPS) is 25.8. The smallest absolute Gasteiger partial charge is 0.0718 e. The summed E-state index contributed by atoms with van der Waals surface area (Å²) in [4.78, 5) is 0. The molecule has 1 saturated carbocycles. The Bertz CT molecular complexity index is 421. The molecule has 1 aliphatic carbocycles. The van der Waals surface area contributed by atoms with Crippen molar-refractivity contribution in [3.8, 4) is 0 Å². The van der Waals surface area contributed by atoms with Crippen molar-refractivity contribution in [3.63, 3.8) is 0 Å². The highest BCUT2D eigenvalue weighted by Gasteiger charge is 2.25. The zero-order valence-electron chi connectivity index (χ0n) is 13.6. The maximum absolute atomic E-state index is 5.59. The third-order valence-corrected chi connectivity index (χ3v) is 4.44. The monoisotopic (exact) mass is 291 g/mol. The first-order chi connectivity index (χ1) is 10.2. The van der Waals surface area contributed by atoms with Crippen LogP contribution in [0.3, 0.4) is 0 Å². The molecule has 0 saturated heterocycles. The molecule has 3 unspecified atom stereocenters. The summed E-state index contributed by atoms with van der Waals surface area (Å²) in [6.07, 6.45) is 3.97. The van der Waals surface area contributed by atoms with Crippen molar-refractivity contribution in [2.45, 2.75) is 45.8 Å². The minimum atomic E-state index is 0.596. The van der Waals surface area contributed by atoms with Crippen molar-refractivity contribution in [1.82, 2.24) is 0 Å².